The van der Waals surface area contributed by atoms with Gasteiger partial charge >= 0.3 is 0 Å². The Hall–Kier alpha value is -0.120. The van der Waals surface area contributed by atoms with Gasteiger partial charge in [-0.2, -0.15) is 0 Å². The van der Waals surface area contributed by atoms with Crippen LogP contribution >= 0.6 is 0 Å². The zero-order chi connectivity index (χ0) is 5.86. The summed E-state index contributed by atoms with van der Waals surface area (Å²) in [7, 11) is 0. The summed E-state index contributed by atoms with van der Waals surface area (Å²) in [6, 6.07) is 0. The monoisotopic (exact) mass is 104 g/mol. The molecule has 44 valence electrons. The zero-order valence-corrected chi connectivity index (χ0v) is 4.46. The topological polar surface area (TPSA) is 72.3 Å². The fourth-order valence-electron chi connectivity index (χ4n) is 0.272. The number of hydrogen-bond donors (Lipinski definition) is 3. The van der Waals surface area contributed by atoms with Crippen LogP contribution < -0.4 is 11.5 Å². The third-order valence-electron chi connectivity index (χ3n) is 0.863. The van der Waals surface area contributed by atoms with Crippen molar-refractivity contribution in [2.45, 2.75) is 25.6 Å². The molecular weight excluding hydrogens is 92.1 g/mol. The van der Waals surface area contributed by atoms with Gasteiger partial charge in [0.2, 0.25) is 0 Å². The van der Waals surface area contributed by atoms with Gasteiger partial charge < -0.3 is 16.6 Å². The normalized spacial score (nSPS) is 15.0. The molecule has 0 heterocycles. The summed E-state index contributed by atoms with van der Waals surface area (Å²) >= 11 is 0. The van der Waals surface area contributed by atoms with Crippen molar-refractivity contribution >= 4 is 0 Å². The van der Waals surface area contributed by atoms with Crippen LogP contribution in [0.3, 0.4) is 0 Å². The van der Waals surface area contributed by atoms with Crippen LogP contribution in [-0.4, -0.2) is 17.4 Å². The van der Waals surface area contributed by atoms with E-state index >= 15 is 0 Å². The first-order valence-corrected chi connectivity index (χ1v) is 2.37. The molecule has 7 heavy (non-hydrogen) atoms. The average Bonchev–Trinajstić information content (AvgIpc) is 1.65. The molecule has 0 aromatic carbocycles. The molecule has 3 heteroatoms. The maximum Gasteiger partial charge on any atom is 0.0817 e. The van der Waals surface area contributed by atoms with E-state index in [4.69, 9.17) is 16.6 Å². The van der Waals surface area contributed by atoms with Crippen molar-refractivity contribution in [1.29, 1.82) is 0 Å². The minimum absolute atomic E-state index is 0.542. The maximum absolute atomic E-state index is 8.69. The Morgan fingerprint density at radius 3 is 2.00 bits per heavy atom. The molecule has 5 N–H and O–H groups in total. The van der Waals surface area contributed by atoms with Gasteiger partial charge in [0.15, 0.2) is 0 Å². The van der Waals surface area contributed by atoms with Crippen molar-refractivity contribution in [3.05, 3.63) is 0 Å². The van der Waals surface area contributed by atoms with Crippen molar-refractivity contribution in [2.75, 3.05) is 0 Å². The van der Waals surface area contributed by atoms with Crippen LogP contribution in [0.4, 0.5) is 0 Å². The Balaban J connectivity index is 3.14. The van der Waals surface area contributed by atoms with Crippen molar-refractivity contribution in [3.8, 4) is 0 Å². The largest absolute Gasteiger partial charge is 0.390 e. The van der Waals surface area contributed by atoms with Crippen molar-refractivity contribution < 1.29 is 5.11 Å². The first kappa shape index (κ1) is 6.88. The quantitative estimate of drug-likeness (QED) is 0.393. The molecule has 0 aliphatic heterocycles. The fraction of sp³-hybridized carbons (Fsp3) is 1.00. The molecule has 0 spiro atoms. The fourth-order valence-corrected chi connectivity index (χ4v) is 0.272. The Labute approximate surface area is 43.3 Å². The summed E-state index contributed by atoms with van der Waals surface area (Å²) in [4.78, 5) is 0. The Morgan fingerprint density at radius 2 is 2.00 bits per heavy atom. The van der Waals surface area contributed by atoms with Gasteiger partial charge in [0.25, 0.3) is 0 Å². The van der Waals surface area contributed by atoms with Gasteiger partial charge in [0.1, 0.15) is 0 Å². The average molecular weight is 104 g/mol. The van der Waals surface area contributed by atoms with Gasteiger partial charge in [0.05, 0.1) is 12.3 Å². The number of hydrogen-bond acceptors (Lipinski definition) is 3. The summed E-state index contributed by atoms with van der Waals surface area (Å²) in [5.41, 5.74) is 10.1. The van der Waals surface area contributed by atoms with Gasteiger partial charge in [0, 0.05) is 0 Å². The predicted molar refractivity (Wildman–Crippen MR) is 28.5 cm³/mol. The van der Waals surface area contributed by atoms with Gasteiger partial charge in [-0.25, -0.2) is 0 Å². The molecule has 1 unspecified atom stereocenters. The molecule has 0 aliphatic carbocycles. The number of aliphatic hydroxyl groups excluding tert-OH is 1. The van der Waals surface area contributed by atoms with Gasteiger partial charge in [-0.1, -0.05) is 6.92 Å². The maximum atomic E-state index is 8.69. The van der Waals surface area contributed by atoms with E-state index in [0.717, 1.165) is 0 Å². The first-order valence-electron chi connectivity index (χ1n) is 2.37. The molecule has 0 aliphatic rings. The van der Waals surface area contributed by atoms with Crippen molar-refractivity contribution in [3.63, 3.8) is 0 Å². The lowest BCUT2D eigenvalue weighted by atomic mass is 10.2. The van der Waals surface area contributed by atoms with Crippen LogP contribution in [0.15, 0.2) is 0 Å². The zero-order valence-electron chi connectivity index (χ0n) is 4.46. The summed E-state index contributed by atoms with van der Waals surface area (Å²) in [6.45, 7) is 1.83. The molecule has 0 fully saturated rings. The molecule has 3 nitrogen and oxygen atoms in total. The summed E-state index contributed by atoms with van der Waals surface area (Å²) in [5, 5.41) is 8.69. The second kappa shape index (κ2) is 2.96. The van der Waals surface area contributed by atoms with E-state index in [1.807, 2.05) is 6.92 Å². The van der Waals surface area contributed by atoms with E-state index in [2.05, 4.69) is 0 Å². The molecule has 0 saturated carbocycles. The number of nitrogens with two attached hydrogens (primary N) is 2. The molecule has 0 bridgehead atoms. The standard InChI is InChI=1S/C4H12N2O/c1-2-3(7)4(5)6/h3-4,7H,2,5-6H2,1H3. The van der Waals surface area contributed by atoms with Gasteiger partial charge in [-0.05, 0) is 6.42 Å². The lowest BCUT2D eigenvalue weighted by Crippen LogP contribution is -2.42. The smallest absolute Gasteiger partial charge is 0.0817 e. The minimum atomic E-state index is -0.579. The number of aliphatic hydroxyl groups is 1. The molecular formula is C4H12N2O. The lowest BCUT2D eigenvalue weighted by Gasteiger charge is -2.09. The highest BCUT2D eigenvalue weighted by atomic mass is 16.3. The molecule has 0 rings (SSSR count). The highest BCUT2D eigenvalue weighted by Crippen LogP contribution is 1.87. The molecule has 0 aromatic rings. The summed E-state index contributed by atoms with van der Waals surface area (Å²) in [6.07, 6.45) is -0.498. The van der Waals surface area contributed by atoms with Crippen LogP contribution in [-0.2, 0) is 0 Å². The van der Waals surface area contributed by atoms with Crippen LogP contribution in [0.2, 0.25) is 0 Å². The minimum Gasteiger partial charge on any atom is -0.390 e. The summed E-state index contributed by atoms with van der Waals surface area (Å²) in [5.74, 6) is 0. The van der Waals surface area contributed by atoms with Gasteiger partial charge in [-0.3, -0.25) is 0 Å². The van der Waals surface area contributed by atoms with Crippen LogP contribution in [0.25, 0.3) is 0 Å². The van der Waals surface area contributed by atoms with E-state index in [-0.39, 0.29) is 0 Å². The first-order chi connectivity index (χ1) is 3.18. The molecule has 0 aromatic heterocycles. The van der Waals surface area contributed by atoms with E-state index in [1.54, 1.807) is 0 Å². The molecule has 0 amide bonds. The number of rotatable bonds is 2. The predicted octanol–water partition coefficient (Wildman–Crippen LogP) is -0.999. The molecule has 1 atom stereocenters. The van der Waals surface area contributed by atoms with Crippen molar-refractivity contribution in [2.24, 2.45) is 11.5 Å². The highest BCUT2D eigenvalue weighted by Gasteiger charge is 2.04. The third-order valence-corrected chi connectivity index (χ3v) is 0.863. The Kier molecular flexibility index (Phi) is 2.91. The molecule has 0 radical (unpaired) electrons. The van der Waals surface area contributed by atoms with E-state index in [9.17, 15) is 0 Å². The SMILES string of the molecule is CCC(O)C(N)N. The van der Waals surface area contributed by atoms with Crippen LogP contribution in [0.5, 0.6) is 0 Å². The van der Waals surface area contributed by atoms with Crippen LogP contribution in [0.1, 0.15) is 13.3 Å². The Bertz CT molecular complexity index is 47.0. The second-order valence-corrected chi connectivity index (χ2v) is 1.55. The highest BCUT2D eigenvalue weighted by molar-refractivity contribution is 4.60. The molecule has 0 saturated heterocycles. The Morgan fingerprint density at radius 1 is 1.57 bits per heavy atom. The van der Waals surface area contributed by atoms with Crippen LogP contribution in [0, 0.1) is 0 Å². The lowest BCUT2D eigenvalue weighted by molar-refractivity contribution is 0.142. The van der Waals surface area contributed by atoms with Crippen molar-refractivity contribution in [1.82, 2.24) is 0 Å². The van der Waals surface area contributed by atoms with Gasteiger partial charge in [-0.15, -0.1) is 0 Å². The summed E-state index contributed by atoms with van der Waals surface area (Å²) < 4.78 is 0. The van der Waals surface area contributed by atoms with E-state index < -0.39 is 12.3 Å². The van der Waals surface area contributed by atoms with E-state index in [1.165, 1.54) is 0 Å². The van der Waals surface area contributed by atoms with E-state index in [0.29, 0.717) is 6.42 Å². The second-order valence-electron chi connectivity index (χ2n) is 1.55. The third kappa shape index (κ3) is 2.56.